The summed E-state index contributed by atoms with van der Waals surface area (Å²) in [6, 6.07) is 6.64. The van der Waals surface area contributed by atoms with Gasteiger partial charge >= 0.3 is 0 Å². The molecule has 3 heteroatoms. The Morgan fingerprint density at radius 2 is 1.95 bits per heavy atom. The van der Waals surface area contributed by atoms with Gasteiger partial charge in [0, 0.05) is 12.4 Å². The van der Waals surface area contributed by atoms with Gasteiger partial charge in [-0.1, -0.05) is 11.6 Å². The van der Waals surface area contributed by atoms with E-state index in [1.54, 1.807) is 0 Å². The van der Waals surface area contributed by atoms with Crippen LogP contribution >= 0.6 is 0 Å². The Hall–Kier alpha value is -1.35. The van der Waals surface area contributed by atoms with Crippen molar-refractivity contribution >= 4 is 10.9 Å². The first-order chi connectivity index (χ1) is 9.13. The summed E-state index contributed by atoms with van der Waals surface area (Å²) >= 11 is 0. The van der Waals surface area contributed by atoms with Gasteiger partial charge in [-0.05, 0) is 64.4 Å². The maximum Gasteiger partial charge on any atom is 0.0706 e. The highest BCUT2D eigenvalue weighted by Gasteiger charge is 2.19. The minimum Gasteiger partial charge on any atom is -0.306 e. The molecule has 19 heavy (non-hydrogen) atoms. The number of likely N-dealkylation sites (tertiary alicyclic amines) is 1. The van der Waals surface area contributed by atoms with Crippen LogP contribution in [0.5, 0.6) is 0 Å². The monoisotopic (exact) mass is 257 g/mol. The fourth-order valence-corrected chi connectivity index (χ4v) is 3.14. The number of fused-ring (bicyclic) bond motifs is 1. The van der Waals surface area contributed by atoms with Crippen molar-refractivity contribution in [2.75, 3.05) is 20.1 Å². The normalized spacial score (nSPS) is 18.3. The zero-order chi connectivity index (χ0) is 13.4. The second-order valence-electron chi connectivity index (χ2n) is 6.04. The molecule has 0 aliphatic carbocycles. The van der Waals surface area contributed by atoms with Gasteiger partial charge in [0.15, 0.2) is 0 Å². The topological polar surface area (TPSA) is 21.1 Å². The van der Waals surface area contributed by atoms with Gasteiger partial charge in [-0.2, -0.15) is 5.10 Å². The Labute approximate surface area is 115 Å². The Morgan fingerprint density at radius 1 is 1.21 bits per heavy atom. The van der Waals surface area contributed by atoms with E-state index in [1.165, 1.54) is 48.1 Å². The molecule has 1 aliphatic heterocycles. The SMILES string of the molecule is Cc1ccc2c(c1)c(CC1CCN(C)CC1)nn2C. The number of aromatic nitrogens is 2. The van der Waals surface area contributed by atoms with Gasteiger partial charge in [0.2, 0.25) is 0 Å². The maximum absolute atomic E-state index is 4.75. The summed E-state index contributed by atoms with van der Waals surface area (Å²) in [5.74, 6) is 0.801. The highest BCUT2D eigenvalue weighted by molar-refractivity contribution is 5.82. The van der Waals surface area contributed by atoms with Crippen LogP contribution < -0.4 is 0 Å². The lowest BCUT2D eigenvalue weighted by molar-refractivity contribution is 0.218. The van der Waals surface area contributed by atoms with E-state index in [-0.39, 0.29) is 0 Å². The van der Waals surface area contributed by atoms with Crippen molar-refractivity contribution in [1.82, 2.24) is 14.7 Å². The van der Waals surface area contributed by atoms with Gasteiger partial charge in [0.25, 0.3) is 0 Å². The van der Waals surface area contributed by atoms with Crippen LogP contribution in [0.15, 0.2) is 18.2 Å². The molecular weight excluding hydrogens is 234 g/mol. The van der Waals surface area contributed by atoms with Crippen molar-refractivity contribution in [3.8, 4) is 0 Å². The summed E-state index contributed by atoms with van der Waals surface area (Å²) in [6.07, 6.45) is 3.75. The van der Waals surface area contributed by atoms with Gasteiger partial charge < -0.3 is 4.90 Å². The summed E-state index contributed by atoms with van der Waals surface area (Å²) in [7, 11) is 4.27. The first kappa shape index (κ1) is 12.7. The third kappa shape index (κ3) is 2.52. The van der Waals surface area contributed by atoms with Crippen molar-refractivity contribution in [1.29, 1.82) is 0 Å². The average Bonchev–Trinajstić information content (AvgIpc) is 2.69. The fourth-order valence-electron chi connectivity index (χ4n) is 3.14. The molecular formula is C16H23N3. The molecule has 1 fully saturated rings. The second-order valence-corrected chi connectivity index (χ2v) is 6.04. The predicted molar refractivity (Wildman–Crippen MR) is 79.4 cm³/mol. The summed E-state index contributed by atoms with van der Waals surface area (Å²) in [6.45, 7) is 4.62. The molecule has 102 valence electrons. The van der Waals surface area contributed by atoms with Crippen molar-refractivity contribution < 1.29 is 0 Å². The molecule has 0 atom stereocenters. The van der Waals surface area contributed by atoms with Crippen LogP contribution in [-0.2, 0) is 13.5 Å². The van der Waals surface area contributed by atoms with E-state index in [9.17, 15) is 0 Å². The van der Waals surface area contributed by atoms with Crippen LogP contribution in [0, 0.1) is 12.8 Å². The summed E-state index contributed by atoms with van der Waals surface area (Å²) < 4.78 is 2.03. The molecule has 3 nitrogen and oxygen atoms in total. The quantitative estimate of drug-likeness (QED) is 0.825. The Morgan fingerprint density at radius 3 is 2.68 bits per heavy atom. The first-order valence-electron chi connectivity index (χ1n) is 7.24. The van der Waals surface area contributed by atoms with Gasteiger partial charge in [-0.3, -0.25) is 4.68 Å². The minimum absolute atomic E-state index is 0.801. The summed E-state index contributed by atoms with van der Waals surface area (Å²) in [5.41, 5.74) is 3.87. The van der Waals surface area contributed by atoms with Crippen molar-refractivity contribution in [3.63, 3.8) is 0 Å². The third-order valence-corrected chi connectivity index (χ3v) is 4.40. The number of rotatable bonds is 2. The highest BCUT2D eigenvalue weighted by Crippen LogP contribution is 2.25. The molecule has 2 aromatic rings. The predicted octanol–water partition coefficient (Wildman–Crippen LogP) is 2.77. The molecule has 0 bridgehead atoms. The second kappa shape index (κ2) is 4.97. The van der Waals surface area contributed by atoms with Crippen LogP contribution in [0.4, 0.5) is 0 Å². The number of nitrogens with zero attached hydrogens (tertiary/aromatic N) is 3. The van der Waals surface area contributed by atoms with Crippen molar-refractivity contribution in [2.45, 2.75) is 26.2 Å². The molecule has 0 unspecified atom stereocenters. The summed E-state index contributed by atoms with van der Waals surface area (Å²) in [5, 5.41) is 6.10. The standard InChI is InChI=1S/C16H23N3/c1-12-4-5-16-14(10-12)15(17-19(16)3)11-13-6-8-18(2)9-7-13/h4-5,10,13H,6-9,11H2,1-3H3. The number of hydrogen-bond donors (Lipinski definition) is 0. The van der Waals surface area contributed by atoms with Gasteiger partial charge in [-0.25, -0.2) is 0 Å². The lowest BCUT2D eigenvalue weighted by Gasteiger charge is -2.28. The van der Waals surface area contributed by atoms with Crippen molar-refractivity contribution in [3.05, 3.63) is 29.5 Å². The van der Waals surface area contributed by atoms with Crippen LogP contribution in [-0.4, -0.2) is 34.8 Å². The fraction of sp³-hybridized carbons (Fsp3) is 0.562. The molecule has 1 aromatic carbocycles. The van der Waals surface area contributed by atoms with E-state index < -0.39 is 0 Å². The highest BCUT2D eigenvalue weighted by atomic mass is 15.3. The first-order valence-corrected chi connectivity index (χ1v) is 7.24. The van der Waals surface area contributed by atoms with E-state index >= 15 is 0 Å². The number of hydrogen-bond acceptors (Lipinski definition) is 2. The van der Waals surface area contributed by atoms with Crippen LogP contribution in [0.3, 0.4) is 0 Å². The number of aryl methyl sites for hydroxylation is 2. The zero-order valence-electron chi connectivity index (χ0n) is 12.2. The molecule has 3 rings (SSSR count). The Bertz CT molecular complexity index is 577. The molecule has 0 radical (unpaired) electrons. The van der Waals surface area contributed by atoms with Gasteiger partial charge in [0.1, 0.15) is 0 Å². The molecule has 0 spiro atoms. The Kier molecular flexibility index (Phi) is 3.31. The van der Waals surface area contributed by atoms with E-state index in [1.807, 2.05) is 4.68 Å². The smallest absolute Gasteiger partial charge is 0.0706 e. The van der Waals surface area contributed by atoms with Crippen LogP contribution in [0.25, 0.3) is 10.9 Å². The van der Waals surface area contributed by atoms with Crippen LogP contribution in [0.1, 0.15) is 24.1 Å². The average molecular weight is 257 g/mol. The molecule has 1 aromatic heterocycles. The number of benzene rings is 1. The number of piperidine rings is 1. The summed E-state index contributed by atoms with van der Waals surface area (Å²) in [4.78, 5) is 2.43. The largest absolute Gasteiger partial charge is 0.306 e. The zero-order valence-corrected chi connectivity index (χ0v) is 12.2. The van der Waals surface area contributed by atoms with Gasteiger partial charge in [0.05, 0.1) is 11.2 Å². The Balaban J connectivity index is 1.86. The maximum atomic E-state index is 4.75. The van der Waals surface area contributed by atoms with E-state index in [2.05, 4.69) is 44.1 Å². The van der Waals surface area contributed by atoms with Gasteiger partial charge in [-0.15, -0.1) is 0 Å². The van der Waals surface area contributed by atoms with Crippen LogP contribution in [0.2, 0.25) is 0 Å². The third-order valence-electron chi connectivity index (χ3n) is 4.40. The van der Waals surface area contributed by atoms with E-state index in [4.69, 9.17) is 5.10 Å². The lowest BCUT2D eigenvalue weighted by atomic mass is 9.91. The molecule has 1 saturated heterocycles. The molecule has 1 aliphatic rings. The lowest BCUT2D eigenvalue weighted by Crippen LogP contribution is -2.31. The minimum atomic E-state index is 0.801. The molecule has 2 heterocycles. The molecule has 0 N–H and O–H groups in total. The van der Waals surface area contributed by atoms with Crippen molar-refractivity contribution in [2.24, 2.45) is 13.0 Å². The molecule has 0 saturated carbocycles. The molecule has 0 amide bonds. The van der Waals surface area contributed by atoms with E-state index in [0.717, 1.165) is 12.3 Å². The van der Waals surface area contributed by atoms with E-state index in [0.29, 0.717) is 0 Å².